The number of carbonyl (C=O) groups excluding carboxylic acids is 2. The van der Waals surface area contributed by atoms with Crippen molar-refractivity contribution in [3.63, 3.8) is 0 Å². The molecule has 0 aromatic carbocycles. The molecule has 0 aromatic heterocycles. The van der Waals surface area contributed by atoms with Crippen LogP contribution in [0.25, 0.3) is 0 Å². The van der Waals surface area contributed by atoms with E-state index >= 15 is 0 Å². The topological polar surface area (TPSA) is 171 Å². The number of hydrogen-bond donors (Lipinski definition) is 5. The van der Waals surface area contributed by atoms with Crippen molar-refractivity contribution in [3.8, 4) is 0 Å². The van der Waals surface area contributed by atoms with E-state index in [1.165, 1.54) is 11.8 Å². The van der Waals surface area contributed by atoms with Crippen LogP contribution in [-0.4, -0.2) is 69.6 Å². The molecule has 10 nitrogen and oxygen atoms in total. The lowest BCUT2D eigenvalue weighted by atomic mass is 9.91. The second-order valence-corrected chi connectivity index (χ2v) is 6.22. The Kier molecular flexibility index (Phi) is 6.74. The number of carboxylic acid groups (broad SMARTS) is 1. The van der Waals surface area contributed by atoms with E-state index in [-0.39, 0.29) is 24.7 Å². The second-order valence-electron chi connectivity index (χ2n) is 6.22. The van der Waals surface area contributed by atoms with Gasteiger partial charge in [-0.25, -0.2) is 9.79 Å². The molecule has 0 aliphatic heterocycles. The number of aliphatic hydroxyl groups is 1. The lowest BCUT2D eigenvalue weighted by molar-refractivity contribution is -0.158. The first-order valence-electron chi connectivity index (χ1n) is 8.16. The van der Waals surface area contributed by atoms with Crippen molar-refractivity contribution in [3.05, 3.63) is 0 Å². The van der Waals surface area contributed by atoms with E-state index in [0.29, 0.717) is 13.1 Å². The Labute approximate surface area is 146 Å². The zero-order valence-electron chi connectivity index (χ0n) is 14.7. The Bertz CT molecular complexity index is 559. The molecule has 2 amide bonds. The fraction of sp³-hybridized carbons (Fsp3) is 0.733. The van der Waals surface area contributed by atoms with Gasteiger partial charge in [-0.1, -0.05) is 0 Å². The van der Waals surface area contributed by atoms with Gasteiger partial charge in [-0.3, -0.25) is 9.59 Å². The molecule has 1 aliphatic rings. The predicted molar refractivity (Wildman–Crippen MR) is 90.4 cm³/mol. The average molecular weight is 357 g/mol. The molecule has 0 heterocycles. The SMILES string of the molecule is CCN(CC)C(=O)[C@H](NC(C)=O)[C@H]1C[C@@](O)(C(=O)O)C[C@@H]1N=C(N)N. The van der Waals surface area contributed by atoms with Crippen LogP contribution in [0.5, 0.6) is 0 Å². The third kappa shape index (κ3) is 4.81. The second kappa shape index (κ2) is 8.15. The lowest BCUT2D eigenvalue weighted by Gasteiger charge is -2.31. The minimum atomic E-state index is -2.06. The number of likely N-dealkylation sites (N-methyl/N-ethyl adjacent to an activating group) is 1. The van der Waals surface area contributed by atoms with E-state index in [0.717, 1.165) is 0 Å². The molecule has 0 spiro atoms. The van der Waals surface area contributed by atoms with Crippen molar-refractivity contribution in [1.82, 2.24) is 10.2 Å². The molecule has 7 N–H and O–H groups in total. The van der Waals surface area contributed by atoms with Gasteiger partial charge in [-0.05, 0) is 20.3 Å². The van der Waals surface area contributed by atoms with Crippen LogP contribution in [0.3, 0.4) is 0 Å². The molecule has 10 heteroatoms. The van der Waals surface area contributed by atoms with Gasteiger partial charge in [0.05, 0.1) is 6.04 Å². The van der Waals surface area contributed by atoms with Crippen molar-refractivity contribution in [2.45, 2.75) is 51.3 Å². The molecule has 0 radical (unpaired) electrons. The number of carboxylic acids is 1. The molecule has 0 unspecified atom stereocenters. The fourth-order valence-electron chi connectivity index (χ4n) is 3.26. The molecule has 0 aromatic rings. The zero-order chi connectivity index (χ0) is 19.4. The summed E-state index contributed by atoms with van der Waals surface area (Å²) in [6.45, 7) is 5.70. The molecule has 1 fully saturated rings. The van der Waals surface area contributed by atoms with E-state index in [2.05, 4.69) is 10.3 Å². The van der Waals surface area contributed by atoms with Gasteiger partial charge < -0.3 is 31.9 Å². The number of nitrogens with zero attached hydrogens (tertiary/aromatic N) is 2. The highest BCUT2D eigenvalue weighted by Gasteiger charge is 2.53. The largest absolute Gasteiger partial charge is 0.479 e. The maximum atomic E-state index is 12.8. The van der Waals surface area contributed by atoms with Crippen molar-refractivity contribution < 1.29 is 24.6 Å². The Morgan fingerprint density at radius 1 is 1.28 bits per heavy atom. The molecular weight excluding hydrogens is 330 g/mol. The number of aliphatic carboxylic acids is 1. The van der Waals surface area contributed by atoms with Crippen LogP contribution in [0.2, 0.25) is 0 Å². The maximum Gasteiger partial charge on any atom is 0.335 e. The van der Waals surface area contributed by atoms with Gasteiger partial charge in [0.25, 0.3) is 0 Å². The average Bonchev–Trinajstić information content (AvgIpc) is 2.83. The molecular formula is C15H27N5O5. The molecule has 0 saturated heterocycles. The summed E-state index contributed by atoms with van der Waals surface area (Å²) < 4.78 is 0. The summed E-state index contributed by atoms with van der Waals surface area (Å²) >= 11 is 0. The quantitative estimate of drug-likeness (QED) is 0.265. The minimum Gasteiger partial charge on any atom is -0.479 e. The highest BCUT2D eigenvalue weighted by molar-refractivity contribution is 5.88. The van der Waals surface area contributed by atoms with E-state index in [9.17, 15) is 24.6 Å². The normalized spacial score (nSPS) is 26.6. The van der Waals surface area contributed by atoms with Gasteiger partial charge >= 0.3 is 5.97 Å². The number of amides is 2. The summed E-state index contributed by atoms with van der Waals surface area (Å²) in [5.74, 6) is -3.25. The van der Waals surface area contributed by atoms with E-state index in [4.69, 9.17) is 11.5 Å². The van der Waals surface area contributed by atoms with Crippen LogP contribution in [0.4, 0.5) is 0 Å². The number of guanidine groups is 1. The smallest absolute Gasteiger partial charge is 0.335 e. The van der Waals surface area contributed by atoms with E-state index in [1.807, 2.05) is 0 Å². The van der Waals surface area contributed by atoms with Crippen LogP contribution < -0.4 is 16.8 Å². The molecule has 25 heavy (non-hydrogen) atoms. The van der Waals surface area contributed by atoms with Crippen molar-refractivity contribution in [2.75, 3.05) is 13.1 Å². The number of hydrogen-bond acceptors (Lipinski definition) is 5. The summed E-state index contributed by atoms with van der Waals surface area (Å²) in [5.41, 5.74) is 8.75. The first-order valence-corrected chi connectivity index (χ1v) is 8.16. The Morgan fingerprint density at radius 2 is 1.84 bits per heavy atom. The fourth-order valence-corrected chi connectivity index (χ4v) is 3.26. The molecule has 4 atom stereocenters. The standard InChI is InChI=1S/C15H27N5O5/c1-4-20(5-2)12(22)11(18-8(3)21)9-6-15(25,13(23)24)7-10(9)19-14(16)17/h9-11,25H,4-7H2,1-3H3,(H,18,21)(H,23,24)(H4,16,17,19)/t9-,10-,11+,15-/m0/s1. The number of rotatable bonds is 7. The Balaban J connectivity index is 3.27. The first-order chi connectivity index (χ1) is 11.6. The Morgan fingerprint density at radius 3 is 2.24 bits per heavy atom. The lowest BCUT2D eigenvalue weighted by Crippen LogP contribution is -2.53. The summed E-state index contributed by atoms with van der Waals surface area (Å²) in [6.07, 6.45) is -0.492. The van der Waals surface area contributed by atoms with Crippen molar-refractivity contribution >= 4 is 23.7 Å². The van der Waals surface area contributed by atoms with Crippen LogP contribution in [0.1, 0.15) is 33.6 Å². The van der Waals surface area contributed by atoms with Gasteiger partial charge in [-0.15, -0.1) is 0 Å². The van der Waals surface area contributed by atoms with Crippen LogP contribution in [0, 0.1) is 5.92 Å². The van der Waals surface area contributed by atoms with Gasteiger partial charge in [0.15, 0.2) is 11.6 Å². The predicted octanol–water partition coefficient (Wildman–Crippen LogP) is -1.77. The van der Waals surface area contributed by atoms with Crippen molar-refractivity contribution in [2.24, 2.45) is 22.4 Å². The maximum absolute atomic E-state index is 12.8. The highest BCUT2D eigenvalue weighted by atomic mass is 16.4. The summed E-state index contributed by atoms with van der Waals surface area (Å²) in [6, 6.07) is -1.83. The van der Waals surface area contributed by atoms with Gasteiger partial charge in [0, 0.05) is 32.4 Å². The zero-order valence-corrected chi connectivity index (χ0v) is 14.7. The van der Waals surface area contributed by atoms with Crippen molar-refractivity contribution in [1.29, 1.82) is 0 Å². The van der Waals surface area contributed by atoms with E-state index in [1.54, 1.807) is 13.8 Å². The van der Waals surface area contributed by atoms with Gasteiger partial charge in [-0.2, -0.15) is 0 Å². The molecule has 142 valence electrons. The van der Waals surface area contributed by atoms with Crippen LogP contribution >= 0.6 is 0 Å². The third-order valence-electron chi connectivity index (χ3n) is 4.46. The third-order valence-corrected chi connectivity index (χ3v) is 4.46. The minimum absolute atomic E-state index is 0.244. The molecule has 1 saturated carbocycles. The number of nitrogens with two attached hydrogens (primary N) is 2. The highest BCUT2D eigenvalue weighted by Crippen LogP contribution is 2.39. The number of nitrogens with one attached hydrogen (secondary N) is 1. The number of carbonyl (C=O) groups is 3. The summed E-state index contributed by atoms with van der Waals surface area (Å²) in [4.78, 5) is 41.3. The monoisotopic (exact) mass is 357 g/mol. The van der Waals surface area contributed by atoms with Gasteiger partial charge in [0.2, 0.25) is 11.8 Å². The van der Waals surface area contributed by atoms with E-state index < -0.39 is 35.5 Å². The molecule has 0 bridgehead atoms. The first kappa shape index (κ1) is 20.7. The number of aliphatic imine (C=N–C) groups is 1. The van der Waals surface area contributed by atoms with Crippen LogP contribution in [0.15, 0.2) is 4.99 Å². The summed E-state index contributed by atoms with van der Waals surface area (Å²) in [7, 11) is 0. The molecule has 1 aliphatic carbocycles. The molecule has 1 rings (SSSR count). The van der Waals surface area contributed by atoms with Gasteiger partial charge in [0.1, 0.15) is 6.04 Å². The summed E-state index contributed by atoms with van der Waals surface area (Å²) in [5, 5.41) is 22.2. The van der Waals surface area contributed by atoms with Crippen LogP contribution in [-0.2, 0) is 14.4 Å². The Hall–Kier alpha value is -2.36.